The molecule has 13 heavy (non-hydrogen) atoms. The molecule has 0 aliphatic heterocycles. The van der Waals surface area contributed by atoms with Crippen LogP contribution < -0.4 is 0 Å². The Hall–Kier alpha value is -0.0400. The predicted octanol–water partition coefficient (Wildman–Crippen LogP) is 3.40. The van der Waals surface area contributed by atoms with Crippen LogP contribution in [-0.4, -0.2) is 25.5 Å². The smallest absolute Gasteiger partial charge is 0.00268 e. The van der Waals surface area contributed by atoms with E-state index in [1.807, 2.05) is 0 Å². The lowest BCUT2D eigenvalue weighted by atomic mass is 9.73. The summed E-state index contributed by atoms with van der Waals surface area (Å²) < 4.78 is 0. The van der Waals surface area contributed by atoms with Gasteiger partial charge in [0.05, 0.1) is 0 Å². The molecule has 0 heterocycles. The SMILES string of the molecule is CCC(C)(C)CC(C)(C)CN(C)C. The maximum atomic E-state index is 2.37. The highest BCUT2D eigenvalue weighted by Gasteiger charge is 2.27. The Morgan fingerprint density at radius 2 is 1.38 bits per heavy atom. The first-order chi connectivity index (χ1) is 5.68. The predicted molar refractivity (Wildman–Crippen MR) is 61.0 cm³/mol. The fraction of sp³-hybridized carbons (Fsp3) is 1.00. The third-order valence-corrected chi connectivity index (χ3v) is 2.66. The molecule has 0 saturated heterocycles. The van der Waals surface area contributed by atoms with Crippen molar-refractivity contribution >= 4 is 0 Å². The zero-order valence-corrected chi connectivity index (χ0v) is 10.6. The minimum absolute atomic E-state index is 0.434. The van der Waals surface area contributed by atoms with Gasteiger partial charge in [-0.05, 0) is 31.3 Å². The van der Waals surface area contributed by atoms with Crippen LogP contribution in [0.2, 0.25) is 0 Å². The molecule has 0 unspecified atom stereocenters. The zero-order chi connectivity index (χ0) is 10.7. The molecule has 0 aromatic carbocycles. The second-order valence-corrected chi connectivity index (χ2v) is 6.10. The Balaban J connectivity index is 4.16. The molecule has 0 amide bonds. The molecule has 1 heteroatoms. The van der Waals surface area contributed by atoms with Crippen LogP contribution in [0.3, 0.4) is 0 Å². The van der Waals surface area contributed by atoms with Gasteiger partial charge in [-0.3, -0.25) is 0 Å². The summed E-state index contributed by atoms with van der Waals surface area (Å²) in [5.74, 6) is 0. The van der Waals surface area contributed by atoms with E-state index in [-0.39, 0.29) is 0 Å². The highest BCUT2D eigenvalue weighted by atomic mass is 15.1. The van der Waals surface area contributed by atoms with Crippen LogP contribution >= 0.6 is 0 Å². The first-order valence-electron chi connectivity index (χ1n) is 5.33. The molecule has 80 valence electrons. The van der Waals surface area contributed by atoms with Crippen LogP contribution in [0.25, 0.3) is 0 Å². The molecule has 0 atom stereocenters. The van der Waals surface area contributed by atoms with E-state index in [4.69, 9.17) is 0 Å². The molecule has 0 saturated carbocycles. The van der Waals surface area contributed by atoms with Gasteiger partial charge in [0.2, 0.25) is 0 Å². The maximum absolute atomic E-state index is 2.37. The van der Waals surface area contributed by atoms with Gasteiger partial charge in [-0.15, -0.1) is 0 Å². The van der Waals surface area contributed by atoms with Crippen molar-refractivity contribution in [3.8, 4) is 0 Å². The monoisotopic (exact) mass is 185 g/mol. The summed E-state index contributed by atoms with van der Waals surface area (Å²) in [6, 6.07) is 0. The molecule has 1 nitrogen and oxygen atoms in total. The second kappa shape index (κ2) is 4.45. The van der Waals surface area contributed by atoms with Crippen molar-refractivity contribution in [3.05, 3.63) is 0 Å². The fourth-order valence-corrected chi connectivity index (χ4v) is 2.33. The highest BCUT2D eigenvalue weighted by Crippen LogP contribution is 2.36. The maximum Gasteiger partial charge on any atom is 0.00268 e. The Kier molecular flexibility index (Phi) is 4.44. The molecule has 0 aromatic heterocycles. The van der Waals surface area contributed by atoms with Crippen LogP contribution in [0.1, 0.15) is 47.5 Å². The van der Waals surface area contributed by atoms with Crippen molar-refractivity contribution < 1.29 is 0 Å². The Morgan fingerprint density at radius 1 is 0.923 bits per heavy atom. The number of nitrogens with zero attached hydrogens (tertiary/aromatic N) is 1. The summed E-state index contributed by atoms with van der Waals surface area (Å²) in [5.41, 5.74) is 0.919. The van der Waals surface area contributed by atoms with Crippen LogP contribution in [-0.2, 0) is 0 Å². The van der Waals surface area contributed by atoms with Gasteiger partial charge < -0.3 is 4.90 Å². The fourth-order valence-electron chi connectivity index (χ4n) is 2.33. The van der Waals surface area contributed by atoms with E-state index in [0.717, 1.165) is 0 Å². The average molecular weight is 185 g/mol. The van der Waals surface area contributed by atoms with Crippen LogP contribution in [0.5, 0.6) is 0 Å². The van der Waals surface area contributed by atoms with Gasteiger partial charge in [-0.1, -0.05) is 41.0 Å². The minimum Gasteiger partial charge on any atom is -0.309 e. The van der Waals surface area contributed by atoms with E-state index < -0.39 is 0 Å². The van der Waals surface area contributed by atoms with Crippen molar-refractivity contribution in [2.24, 2.45) is 10.8 Å². The Morgan fingerprint density at radius 3 is 1.69 bits per heavy atom. The Bertz CT molecular complexity index is 145. The highest BCUT2D eigenvalue weighted by molar-refractivity contribution is 4.79. The van der Waals surface area contributed by atoms with Crippen LogP contribution in [0, 0.1) is 10.8 Å². The summed E-state index contributed by atoms with van der Waals surface area (Å²) >= 11 is 0. The first kappa shape index (κ1) is 13.0. The normalized spacial score (nSPS) is 13.8. The van der Waals surface area contributed by atoms with Gasteiger partial charge in [0.25, 0.3) is 0 Å². The number of hydrogen-bond donors (Lipinski definition) is 0. The standard InChI is InChI=1S/C12H27N/c1-8-11(2,3)9-12(4,5)10-13(6)7/h8-10H2,1-7H3. The van der Waals surface area contributed by atoms with Crippen molar-refractivity contribution in [2.45, 2.75) is 47.5 Å². The summed E-state index contributed by atoms with van der Waals surface area (Å²) in [5, 5.41) is 0. The van der Waals surface area contributed by atoms with E-state index >= 15 is 0 Å². The van der Waals surface area contributed by atoms with Crippen molar-refractivity contribution in [3.63, 3.8) is 0 Å². The van der Waals surface area contributed by atoms with E-state index in [1.54, 1.807) is 0 Å². The molecule has 0 spiro atoms. The van der Waals surface area contributed by atoms with Crippen molar-refractivity contribution in [2.75, 3.05) is 20.6 Å². The first-order valence-corrected chi connectivity index (χ1v) is 5.33. The average Bonchev–Trinajstić information content (AvgIpc) is 1.81. The Labute approximate surface area is 84.5 Å². The molecule has 0 radical (unpaired) electrons. The minimum atomic E-state index is 0.434. The summed E-state index contributed by atoms with van der Waals surface area (Å²) in [6.07, 6.45) is 2.57. The van der Waals surface area contributed by atoms with Gasteiger partial charge in [0, 0.05) is 6.54 Å². The van der Waals surface area contributed by atoms with Gasteiger partial charge in [-0.25, -0.2) is 0 Å². The second-order valence-electron chi connectivity index (χ2n) is 6.10. The van der Waals surface area contributed by atoms with Crippen LogP contribution in [0.15, 0.2) is 0 Å². The zero-order valence-electron chi connectivity index (χ0n) is 10.6. The molecular weight excluding hydrogens is 158 g/mol. The number of rotatable bonds is 5. The number of hydrogen-bond acceptors (Lipinski definition) is 1. The lowest BCUT2D eigenvalue weighted by molar-refractivity contribution is 0.147. The summed E-state index contributed by atoms with van der Waals surface area (Å²) in [4.78, 5) is 2.28. The largest absolute Gasteiger partial charge is 0.309 e. The molecule has 0 aliphatic carbocycles. The molecule has 0 aliphatic rings. The summed E-state index contributed by atoms with van der Waals surface area (Å²) in [6.45, 7) is 12.9. The van der Waals surface area contributed by atoms with Gasteiger partial charge in [0.15, 0.2) is 0 Å². The molecule has 0 rings (SSSR count). The lowest BCUT2D eigenvalue weighted by Gasteiger charge is -2.36. The summed E-state index contributed by atoms with van der Waals surface area (Å²) in [7, 11) is 4.31. The topological polar surface area (TPSA) is 3.24 Å². The molecular formula is C12H27N. The van der Waals surface area contributed by atoms with Crippen LogP contribution in [0.4, 0.5) is 0 Å². The quantitative estimate of drug-likeness (QED) is 0.634. The molecule has 0 N–H and O–H groups in total. The molecule has 0 fully saturated rings. The van der Waals surface area contributed by atoms with E-state index in [2.05, 4.69) is 53.6 Å². The van der Waals surface area contributed by atoms with E-state index in [1.165, 1.54) is 19.4 Å². The van der Waals surface area contributed by atoms with Crippen molar-refractivity contribution in [1.82, 2.24) is 4.90 Å². The lowest BCUT2D eigenvalue weighted by Crippen LogP contribution is -2.32. The third kappa shape index (κ3) is 6.09. The van der Waals surface area contributed by atoms with Gasteiger partial charge in [0.1, 0.15) is 0 Å². The van der Waals surface area contributed by atoms with E-state index in [0.29, 0.717) is 10.8 Å². The third-order valence-electron chi connectivity index (χ3n) is 2.66. The van der Waals surface area contributed by atoms with Gasteiger partial charge >= 0.3 is 0 Å². The molecule has 0 aromatic rings. The van der Waals surface area contributed by atoms with Crippen molar-refractivity contribution in [1.29, 1.82) is 0 Å². The van der Waals surface area contributed by atoms with E-state index in [9.17, 15) is 0 Å². The molecule has 0 bridgehead atoms. The van der Waals surface area contributed by atoms with Gasteiger partial charge in [-0.2, -0.15) is 0 Å².